The number of thiophene rings is 1. The van der Waals surface area contributed by atoms with E-state index in [9.17, 15) is 14.4 Å². The summed E-state index contributed by atoms with van der Waals surface area (Å²) < 4.78 is 1.53. The SMILES string of the molecule is NC(=O)[C@H]1CCc2c(sc3ncnc(Nc4cc(Cl)c5n(c4=O)C4(CCCC4)NC5=O)c23)C1. The normalized spacial score (nSPS) is 20.6. The van der Waals surface area contributed by atoms with Crippen LogP contribution < -0.4 is 21.9 Å². The van der Waals surface area contributed by atoms with Crippen LogP contribution in [0.5, 0.6) is 0 Å². The first-order valence-electron chi connectivity index (χ1n) is 11.0. The van der Waals surface area contributed by atoms with Gasteiger partial charge in [-0.15, -0.1) is 11.3 Å². The van der Waals surface area contributed by atoms with Crippen LogP contribution in [0, 0.1) is 5.92 Å². The number of amides is 2. The summed E-state index contributed by atoms with van der Waals surface area (Å²) in [4.78, 5) is 48.6. The molecule has 0 aromatic carbocycles. The number of rotatable bonds is 3. The summed E-state index contributed by atoms with van der Waals surface area (Å²) in [6, 6.07) is 1.50. The van der Waals surface area contributed by atoms with Crippen molar-refractivity contribution >= 4 is 56.5 Å². The van der Waals surface area contributed by atoms with Crippen molar-refractivity contribution < 1.29 is 9.59 Å². The number of carbonyl (C=O) groups excluding carboxylic acids is 2. The van der Waals surface area contributed by atoms with Gasteiger partial charge in [0.15, 0.2) is 0 Å². The van der Waals surface area contributed by atoms with Crippen LogP contribution in [-0.4, -0.2) is 26.3 Å². The van der Waals surface area contributed by atoms with E-state index in [1.54, 1.807) is 0 Å². The smallest absolute Gasteiger partial charge is 0.276 e. The molecule has 1 fully saturated rings. The number of nitrogens with two attached hydrogens (primary N) is 1. The Kier molecular flexibility index (Phi) is 4.54. The summed E-state index contributed by atoms with van der Waals surface area (Å²) in [5.41, 5.74) is 6.08. The third-order valence-corrected chi connectivity index (χ3v) is 8.53. The van der Waals surface area contributed by atoms with Crippen LogP contribution in [0.4, 0.5) is 11.5 Å². The van der Waals surface area contributed by atoms with E-state index < -0.39 is 5.66 Å². The number of aryl methyl sites for hydroxylation is 1. The van der Waals surface area contributed by atoms with Crippen molar-refractivity contribution in [1.82, 2.24) is 19.9 Å². The number of anilines is 2. The zero-order chi connectivity index (χ0) is 22.9. The van der Waals surface area contributed by atoms with Gasteiger partial charge in [-0.05, 0) is 56.6 Å². The first-order valence-corrected chi connectivity index (χ1v) is 12.2. The molecule has 1 saturated carbocycles. The topological polar surface area (TPSA) is 132 Å². The molecule has 6 rings (SSSR count). The summed E-state index contributed by atoms with van der Waals surface area (Å²) in [5.74, 6) is -0.262. The fourth-order valence-electron chi connectivity index (χ4n) is 5.50. The molecule has 3 aliphatic rings. The minimum Gasteiger partial charge on any atom is -0.369 e. The summed E-state index contributed by atoms with van der Waals surface area (Å²) in [5, 5.41) is 7.26. The van der Waals surface area contributed by atoms with Crippen LogP contribution in [-0.2, 0) is 23.3 Å². The minimum absolute atomic E-state index is 0.178. The number of pyridine rings is 1. The number of nitrogens with zero attached hydrogens (tertiary/aromatic N) is 3. The summed E-state index contributed by atoms with van der Waals surface area (Å²) >= 11 is 8.02. The number of fused-ring (bicyclic) bond motifs is 5. The molecule has 1 atom stereocenters. The largest absolute Gasteiger partial charge is 0.369 e. The molecule has 4 heterocycles. The van der Waals surface area contributed by atoms with Gasteiger partial charge in [0.05, 0.1) is 10.4 Å². The molecule has 0 unspecified atom stereocenters. The van der Waals surface area contributed by atoms with Gasteiger partial charge in [-0.3, -0.25) is 19.0 Å². The molecule has 0 radical (unpaired) electrons. The number of hydrogen-bond acceptors (Lipinski definition) is 7. The predicted molar refractivity (Wildman–Crippen MR) is 125 cm³/mol. The molecule has 2 aliphatic carbocycles. The van der Waals surface area contributed by atoms with Crippen molar-refractivity contribution in [2.45, 2.75) is 50.6 Å². The van der Waals surface area contributed by atoms with E-state index in [4.69, 9.17) is 17.3 Å². The lowest BCUT2D eigenvalue weighted by Gasteiger charge is -2.26. The quantitative estimate of drug-likeness (QED) is 0.523. The monoisotopic (exact) mass is 484 g/mol. The second kappa shape index (κ2) is 7.26. The Labute approximate surface area is 197 Å². The van der Waals surface area contributed by atoms with Crippen molar-refractivity contribution in [2.24, 2.45) is 11.7 Å². The van der Waals surface area contributed by atoms with Crippen molar-refractivity contribution in [3.05, 3.63) is 43.9 Å². The van der Waals surface area contributed by atoms with Gasteiger partial charge in [0, 0.05) is 10.8 Å². The van der Waals surface area contributed by atoms with Gasteiger partial charge in [0.25, 0.3) is 11.5 Å². The van der Waals surface area contributed by atoms with Crippen LogP contribution in [0.1, 0.15) is 53.0 Å². The highest BCUT2D eigenvalue weighted by atomic mass is 35.5. The minimum atomic E-state index is -0.711. The lowest BCUT2D eigenvalue weighted by molar-refractivity contribution is -0.122. The van der Waals surface area contributed by atoms with Gasteiger partial charge in [0.1, 0.15) is 34.0 Å². The first-order chi connectivity index (χ1) is 15.9. The maximum atomic E-state index is 13.6. The predicted octanol–water partition coefficient (Wildman–Crippen LogP) is 2.81. The number of primary amides is 1. The van der Waals surface area contributed by atoms with E-state index >= 15 is 0 Å². The van der Waals surface area contributed by atoms with Gasteiger partial charge >= 0.3 is 0 Å². The Balaban J connectivity index is 1.46. The molecule has 11 heteroatoms. The molecule has 0 saturated heterocycles. The van der Waals surface area contributed by atoms with Gasteiger partial charge in [-0.2, -0.15) is 0 Å². The average molecular weight is 485 g/mol. The Morgan fingerprint density at radius 1 is 1.30 bits per heavy atom. The lowest BCUT2D eigenvalue weighted by Crippen LogP contribution is -2.45. The number of aromatic nitrogens is 3. The second-order valence-corrected chi connectivity index (χ2v) is 10.5. The van der Waals surface area contributed by atoms with E-state index in [1.807, 2.05) is 0 Å². The molecular formula is C22H21ClN6O3S. The number of halogens is 1. The maximum Gasteiger partial charge on any atom is 0.276 e. The molecule has 9 nitrogen and oxygen atoms in total. The van der Waals surface area contributed by atoms with Gasteiger partial charge < -0.3 is 16.4 Å². The Bertz CT molecular complexity index is 1410. The number of nitrogens with one attached hydrogen (secondary N) is 2. The molecule has 170 valence electrons. The van der Waals surface area contributed by atoms with Crippen LogP contribution in [0.2, 0.25) is 5.02 Å². The zero-order valence-electron chi connectivity index (χ0n) is 17.6. The number of carbonyl (C=O) groups is 2. The zero-order valence-corrected chi connectivity index (χ0v) is 19.2. The highest BCUT2D eigenvalue weighted by Crippen LogP contribution is 2.42. The van der Waals surface area contributed by atoms with E-state index in [-0.39, 0.29) is 39.7 Å². The fraction of sp³-hybridized carbons (Fsp3) is 0.409. The fourth-order valence-corrected chi connectivity index (χ4v) is 7.05. The third kappa shape index (κ3) is 3.00. The van der Waals surface area contributed by atoms with Gasteiger partial charge in [0.2, 0.25) is 5.91 Å². The molecule has 4 N–H and O–H groups in total. The highest BCUT2D eigenvalue weighted by molar-refractivity contribution is 7.19. The molecule has 1 aliphatic heterocycles. The van der Waals surface area contributed by atoms with Crippen molar-refractivity contribution in [1.29, 1.82) is 0 Å². The summed E-state index contributed by atoms with van der Waals surface area (Å²) in [6.45, 7) is 0. The van der Waals surface area contributed by atoms with Crippen molar-refractivity contribution in [2.75, 3.05) is 5.32 Å². The molecule has 3 aromatic rings. The molecule has 2 amide bonds. The van der Waals surface area contributed by atoms with E-state index in [0.717, 1.165) is 33.5 Å². The Hall–Kier alpha value is -2.98. The van der Waals surface area contributed by atoms with Crippen LogP contribution in [0.25, 0.3) is 10.2 Å². The number of hydrogen-bond donors (Lipinski definition) is 3. The van der Waals surface area contributed by atoms with Crippen molar-refractivity contribution in [3.8, 4) is 0 Å². The van der Waals surface area contributed by atoms with Crippen LogP contribution in [0.3, 0.4) is 0 Å². The molecule has 33 heavy (non-hydrogen) atoms. The maximum absolute atomic E-state index is 13.6. The second-order valence-electron chi connectivity index (χ2n) is 8.96. The molecular weight excluding hydrogens is 464 g/mol. The van der Waals surface area contributed by atoms with E-state index in [1.165, 1.54) is 28.3 Å². The van der Waals surface area contributed by atoms with E-state index in [0.29, 0.717) is 37.9 Å². The Morgan fingerprint density at radius 2 is 2.09 bits per heavy atom. The van der Waals surface area contributed by atoms with Gasteiger partial charge in [-0.1, -0.05) is 11.6 Å². The standard InChI is InChI=1S/C22H21ClN6O3S/c23-12-8-13(21(32)29-16(12)19(31)28-22(29)5-1-2-6-22)27-18-15-11-4-3-10(17(24)30)7-14(11)33-20(15)26-9-25-18/h8-10H,1-7H2,(H2,24,30)(H,28,31)(H,25,26,27)/t10-/m0/s1. The first kappa shape index (κ1) is 20.6. The molecule has 1 spiro atoms. The molecule has 3 aromatic heterocycles. The van der Waals surface area contributed by atoms with Crippen LogP contribution >= 0.6 is 22.9 Å². The highest BCUT2D eigenvalue weighted by Gasteiger charge is 2.46. The Morgan fingerprint density at radius 3 is 2.85 bits per heavy atom. The summed E-state index contributed by atoms with van der Waals surface area (Å²) in [7, 11) is 0. The third-order valence-electron chi connectivity index (χ3n) is 7.08. The van der Waals surface area contributed by atoms with Crippen LogP contribution in [0.15, 0.2) is 17.2 Å². The van der Waals surface area contributed by atoms with E-state index in [2.05, 4.69) is 20.6 Å². The summed E-state index contributed by atoms with van der Waals surface area (Å²) in [6.07, 6.45) is 6.67. The molecule has 0 bridgehead atoms. The van der Waals surface area contributed by atoms with Gasteiger partial charge in [-0.25, -0.2) is 9.97 Å². The van der Waals surface area contributed by atoms with Crippen molar-refractivity contribution in [3.63, 3.8) is 0 Å². The lowest BCUT2D eigenvalue weighted by atomic mass is 9.87. The average Bonchev–Trinajstić information content (AvgIpc) is 3.47.